The van der Waals surface area contributed by atoms with Gasteiger partial charge in [-0.3, -0.25) is 9.78 Å². The third-order valence-electron chi connectivity index (χ3n) is 2.20. The fourth-order valence-electron chi connectivity index (χ4n) is 1.35. The third-order valence-corrected chi connectivity index (χ3v) is 2.46. The highest BCUT2D eigenvalue weighted by molar-refractivity contribution is 6.17. The summed E-state index contributed by atoms with van der Waals surface area (Å²) < 4.78 is 29.7. The average molecular weight is 266 g/mol. The number of aromatic nitrogens is 1. The van der Waals surface area contributed by atoms with E-state index in [1.54, 1.807) is 0 Å². The number of carbonyl (C=O) groups is 1. The zero-order valence-electron chi connectivity index (χ0n) is 8.91. The second kappa shape index (κ2) is 5.77. The van der Waals surface area contributed by atoms with Crippen LogP contribution in [0.5, 0.6) is 5.75 Å². The largest absolute Gasteiger partial charge is 0.506 e. The predicted molar refractivity (Wildman–Crippen MR) is 56.1 cm³/mol. The van der Waals surface area contributed by atoms with Gasteiger partial charge in [-0.1, -0.05) is 0 Å². The van der Waals surface area contributed by atoms with Gasteiger partial charge in [0.2, 0.25) is 0 Å². The Balaban J connectivity index is 3.25. The van der Waals surface area contributed by atoms with Crippen molar-refractivity contribution in [1.82, 2.24) is 4.98 Å². The highest BCUT2D eigenvalue weighted by Gasteiger charge is 2.21. The average Bonchev–Trinajstić information content (AvgIpc) is 2.30. The fourth-order valence-corrected chi connectivity index (χ4v) is 1.64. The van der Waals surface area contributed by atoms with Crippen LogP contribution in [0.15, 0.2) is 6.20 Å². The van der Waals surface area contributed by atoms with Crippen LogP contribution in [0.3, 0.4) is 0 Å². The zero-order valence-corrected chi connectivity index (χ0v) is 9.67. The molecule has 0 unspecified atom stereocenters. The van der Waals surface area contributed by atoms with Crippen molar-refractivity contribution in [2.24, 2.45) is 0 Å². The lowest BCUT2D eigenvalue weighted by atomic mass is 10.0. The molecule has 1 aromatic heterocycles. The van der Waals surface area contributed by atoms with Crippen LogP contribution in [0.1, 0.15) is 23.2 Å². The van der Waals surface area contributed by atoms with Crippen molar-refractivity contribution in [2.75, 3.05) is 7.11 Å². The number of aromatic hydroxyl groups is 1. The molecule has 0 aliphatic heterocycles. The maximum atomic E-state index is 12.6. The van der Waals surface area contributed by atoms with Crippen molar-refractivity contribution in [2.45, 2.75) is 18.7 Å². The SMILES string of the molecule is COC(=O)Cc1c(O)cnc(C(F)F)c1CCl. The first-order valence-electron chi connectivity index (χ1n) is 4.61. The highest BCUT2D eigenvalue weighted by Crippen LogP contribution is 2.30. The van der Waals surface area contributed by atoms with Crippen molar-refractivity contribution in [3.63, 3.8) is 0 Å². The molecule has 0 fully saturated rings. The number of rotatable bonds is 4. The van der Waals surface area contributed by atoms with Crippen LogP contribution in [-0.2, 0) is 21.8 Å². The Morgan fingerprint density at radius 3 is 2.71 bits per heavy atom. The van der Waals surface area contributed by atoms with Crippen molar-refractivity contribution in [1.29, 1.82) is 0 Å². The summed E-state index contributed by atoms with van der Waals surface area (Å²) in [6.45, 7) is 0. The van der Waals surface area contributed by atoms with E-state index in [0.29, 0.717) is 0 Å². The maximum absolute atomic E-state index is 12.6. The summed E-state index contributed by atoms with van der Waals surface area (Å²) in [5.74, 6) is -1.28. The van der Waals surface area contributed by atoms with Gasteiger partial charge >= 0.3 is 5.97 Å². The van der Waals surface area contributed by atoms with Crippen LogP contribution in [-0.4, -0.2) is 23.2 Å². The second-order valence-electron chi connectivity index (χ2n) is 3.17. The van der Waals surface area contributed by atoms with E-state index >= 15 is 0 Å². The van der Waals surface area contributed by atoms with Crippen molar-refractivity contribution < 1.29 is 23.4 Å². The molecule has 0 spiro atoms. The number of pyridine rings is 1. The number of halogens is 3. The lowest BCUT2D eigenvalue weighted by Crippen LogP contribution is -2.09. The first kappa shape index (κ1) is 13.6. The number of esters is 1. The van der Waals surface area contributed by atoms with E-state index < -0.39 is 18.1 Å². The molecule has 0 aliphatic rings. The normalized spacial score (nSPS) is 10.6. The molecule has 0 saturated heterocycles. The number of alkyl halides is 3. The molecule has 1 rings (SSSR count). The molecule has 1 heterocycles. The van der Waals surface area contributed by atoms with Crippen LogP contribution >= 0.6 is 11.6 Å². The summed E-state index contributed by atoms with van der Waals surface area (Å²) in [5, 5.41) is 9.50. The fraction of sp³-hybridized carbons (Fsp3) is 0.400. The summed E-state index contributed by atoms with van der Waals surface area (Å²) in [6.07, 6.45) is -2.27. The van der Waals surface area contributed by atoms with Crippen molar-refractivity contribution in [3.8, 4) is 5.75 Å². The summed E-state index contributed by atoms with van der Waals surface area (Å²) in [7, 11) is 1.16. The van der Waals surface area contributed by atoms with E-state index in [0.717, 1.165) is 13.3 Å². The van der Waals surface area contributed by atoms with Crippen LogP contribution < -0.4 is 0 Å². The second-order valence-corrected chi connectivity index (χ2v) is 3.44. The molecule has 7 heteroatoms. The number of hydrogen-bond donors (Lipinski definition) is 1. The molecule has 0 radical (unpaired) electrons. The number of carbonyl (C=O) groups excluding carboxylic acids is 1. The van der Waals surface area contributed by atoms with Gasteiger partial charge < -0.3 is 9.84 Å². The van der Waals surface area contributed by atoms with Crippen molar-refractivity contribution >= 4 is 17.6 Å². The van der Waals surface area contributed by atoms with Gasteiger partial charge in [-0.2, -0.15) is 0 Å². The summed E-state index contributed by atoms with van der Waals surface area (Å²) in [6, 6.07) is 0. The van der Waals surface area contributed by atoms with Crippen LogP contribution in [0.4, 0.5) is 8.78 Å². The number of methoxy groups -OCH3 is 1. The van der Waals surface area contributed by atoms with E-state index in [9.17, 15) is 18.7 Å². The monoisotopic (exact) mass is 265 g/mol. The Kier molecular flexibility index (Phi) is 4.62. The molecular formula is C10H10ClF2NO3. The van der Waals surface area contributed by atoms with E-state index in [1.165, 1.54) is 0 Å². The Morgan fingerprint density at radius 1 is 1.59 bits per heavy atom. The lowest BCUT2D eigenvalue weighted by Gasteiger charge is -2.12. The minimum atomic E-state index is -2.82. The molecule has 4 nitrogen and oxygen atoms in total. The summed E-state index contributed by atoms with van der Waals surface area (Å²) >= 11 is 5.54. The molecule has 0 amide bonds. The predicted octanol–water partition coefficient (Wildman–Crippen LogP) is 2.18. The van der Waals surface area contributed by atoms with Gasteiger partial charge in [0.15, 0.2) is 0 Å². The lowest BCUT2D eigenvalue weighted by molar-refractivity contribution is -0.139. The Bertz CT molecular complexity index is 426. The molecule has 0 atom stereocenters. The number of ether oxygens (including phenoxy) is 1. The molecule has 0 aromatic carbocycles. The van der Waals surface area contributed by atoms with E-state index in [-0.39, 0.29) is 29.2 Å². The number of hydrogen-bond acceptors (Lipinski definition) is 4. The van der Waals surface area contributed by atoms with Crippen LogP contribution in [0, 0.1) is 0 Å². The van der Waals surface area contributed by atoms with E-state index in [2.05, 4.69) is 9.72 Å². The highest BCUT2D eigenvalue weighted by atomic mass is 35.5. The Labute approximate surface area is 101 Å². The standard InChI is InChI=1S/C10H10ClF2NO3/c1-17-8(16)2-5-6(3-11)9(10(12)13)14-4-7(5)15/h4,10,15H,2-3H2,1H3. The Hall–Kier alpha value is -1.43. The van der Waals surface area contributed by atoms with Crippen LogP contribution in [0.2, 0.25) is 0 Å². The molecule has 94 valence electrons. The van der Waals surface area contributed by atoms with Gasteiger partial charge in [0.1, 0.15) is 11.4 Å². The molecule has 0 bridgehead atoms. The molecule has 1 N–H and O–H groups in total. The van der Waals surface area contributed by atoms with Crippen molar-refractivity contribution in [3.05, 3.63) is 23.0 Å². The Morgan fingerprint density at radius 2 is 2.24 bits per heavy atom. The molecular weight excluding hydrogens is 256 g/mol. The summed E-state index contributed by atoms with van der Waals surface area (Å²) in [4.78, 5) is 14.5. The molecule has 0 aliphatic carbocycles. The smallest absolute Gasteiger partial charge is 0.310 e. The first-order chi connectivity index (χ1) is 8.01. The third kappa shape index (κ3) is 3.03. The topological polar surface area (TPSA) is 59.4 Å². The molecule has 1 aromatic rings. The minimum Gasteiger partial charge on any atom is -0.506 e. The molecule has 0 saturated carbocycles. The maximum Gasteiger partial charge on any atom is 0.310 e. The summed E-state index contributed by atoms with van der Waals surface area (Å²) in [5.41, 5.74) is -0.541. The minimum absolute atomic E-state index is 0.0251. The van der Waals surface area contributed by atoms with Gasteiger partial charge in [0, 0.05) is 17.0 Å². The van der Waals surface area contributed by atoms with E-state index in [1.807, 2.05) is 0 Å². The van der Waals surface area contributed by atoms with Gasteiger partial charge in [0.05, 0.1) is 19.7 Å². The zero-order chi connectivity index (χ0) is 13.0. The van der Waals surface area contributed by atoms with Gasteiger partial charge in [-0.05, 0) is 0 Å². The van der Waals surface area contributed by atoms with Crippen LogP contribution in [0.25, 0.3) is 0 Å². The van der Waals surface area contributed by atoms with E-state index in [4.69, 9.17) is 11.6 Å². The molecule has 17 heavy (non-hydrogen) atoms. The van der Waals surface area contributed by atoms with Gasteiger partial charge in [-0.25, -0.2) is 8.78 Å². The first-order valence-corrected chi connectivity index (χ1v) is 5.15. The van der Waals surface area contributed by atoms with Gasteiger partial charge in [0.25, 0.3) is 6.43 Å². The number of nitrogens with zero attached hydrogens (tertiary/aromatic N) is 1. The van der Waals surface area contributed by atoms with Gasteiger partial charge in [-0.15, -0.1) is 11.6 Å². The quantitative estimate of drug-likeness (QED) is 0.670.